The molecule has 0 unspecified atom stereocenters. The van der Waals surface area contributed by atoms with Crippen LogP contribution in [0.25, 0.3) is 0 Å². The van der Waals surface area contributed by atoms with E-state index in [9.17, 15) is 13.2 Å². The van der Waals surface area contributed by atoms with Crippen molar-refractivity contribution in [1.29, 1.82) is 0 Å². The molecule has 0 atom stereocenters. The molecule has 5 nitrogen and oxygen atoms in total. The first-order valence-corrected chi connectivity index (χ1v) is 7.06. The van der Waals surface area contributed by atoms with Crippen molar-refractivity contribution in [3.63, 3.8) is 0 Å². The molecular formula is C10H16N2O3S. The van der Waals surface area contributed by atoms with Crippen molar-refractivity contribution < 1.29 is 8.42 Å². The SMILES string of the molecule is CC(C)(C)n1[nH]c2c(c1=O)CCS(=O)(=O)C2. The summed E-state index contributed by atoms with van der Waals surface area (Å²) >= 11 is 0. The van der Waals surface area contributed by atoms with E-state index in [1.807, 2.05) is 20.8 Å². The van der Waals surface area contributed by atoms with E-state index in [4.69, 9.17) is 0 Å². The van der Waals surface area contributed by atoms with Crippen LogP contribution in [0.2, 0.25) is 0 Å². The molecule has 0 amide bonds. The van der Waals surface area contributed by atoms with Crippen molar-refractivity contribution in [2.45, 2.75) is 38.5 Å². The average molecular weight is 244 g/mol. The van der Waals surface area contributed by atoms with Gasteiger partial charge in [0.25, 0.3) is 5.56 Å². The van der Waals surface area contributed by atoms with Gasteiger partial charge in [-0.15, -0.1) is 0 Å². The highest BCUT2D eigenvalue weighted by Crippen LogP contribution is 2.19. The Morgan fingerprint density at radius 2 is 1.94 bits per heavy atom. The summed E-state index contributed by atoms with van der Waals surface area (Å²) in [5, 5.41) is 2.92. The van der Waals surface area contributed by atoms with Gasteiger partial charge in [-0.1, -0.05) is 0 Å². The van der Waals surface area contributed by atoms with Crippen LogP contribution >= 0.6 is 0 Å². The minimum Gasteiger partial charge on any atom is -0.298 e. The predicted octanol–water partition coefficient (Wildman–Crippen LogP) is 0.402. The van der Waals surface area contributed by atoms with Crippen molar-refractivity contribution in [1.82, 2.24) is 9.78 Å². The molecule has 2 heterocycles. The molecule has 6 heteroatoms. The van der Waals surface area contributed by atoms with Gasteiger partial charge in [-0.3, -0.25) is 9.89 Å². The summed E-state index contributed by atoms with van der Waals surface area (Å²) in [6.45, 7) is 5.72. The Morgan fingerprint density at radius 1 is 1.31 bits per heavy atom. The highest BCUT2D eigenvalue weighted by Gasteiger charge is 2.29. The van der Waals surface area contributed by atoms with Crippen LogP contribution in [0.3, 0.4) is 0 Å². The summed E-state index contributed by atoms with van der Waals surface area (Å²) in [5.41, 5.74) is 0.756. The number of fused-ring (bicyclic) bond motifs is 1. The number of aromatic nitrogens is 2. The molecule has 0 bridgehead atoms. The number of nitrogens with zero attached hydrogens (tertiary/aromatic N) is 1. The third-order valence-electron chi connectivity index (χ3n) is 2.77. The molecule has 0 radical (unpaired) electrons. The first-order valence-electron chi connectivity index (χ1n) is 5.24. The second-order valence-corrected chi connectivity index (χ2v) is 7.41. The van der Waals surface area contributed by atoms with Gasteiger partial charge in [-0.05, 0) is 27.2 Å². The lowest BCUT2D eigenvalue weighted by molar-refractivity contribution is 0.344. The van der Waals surface area contributed by atoms with Crippen LogP contribution in [0.15, 0.2) is 4.79 Å². The smallest absolute Gasteiger partial charge is 0.270 e. The largest absolute Gasteiger partial charge is 0.298 e. The van der Waals surface area contributed by atoms with Gasteiger partial charge in [0.15, 0.2) is 9.84 Å². The Balaban J connectivity index is 2.59. The molecule has 16 heavy (non-hydrogen) atoms. The van der Waals surface area contributed by atoms with E-state index in [2.05, 4.69) is 5.10 Å². The van der Waals surface area contributed by atoms with Gasteiger partial charge in [0.1, 0.15) is 0 Å². The number of hydrogen-bond acceptors (Lipinski definition) is 3. The molecule has 0 fully saturated rings. The fraction of sp³-hybridized carbons (Fsp3) is 0.700. The van der Waals surface area contributed by atoms with Crippen LogP contribution in [0.5, 0.6) is 0 Å². The molecule has 0 saturated heterocycles. The Bertz CT molecular complexity index is 572. The van der Waals surface area contributed by atoms with Gasteiger partial charge in [-0.2, -0.15) is 0 Å². The summed E-state index contributed by atoms with van der Waals surface area (Å²) in [4.78, 5) is 12.0. The molecule has 1 aliphatic rings. The third kappa shape index (κ3) is 1.81. The van der Waals surface area contributed by atoms with Gasteiger partial charge in [0.05, 0.1) is 22.7 Å². The molecule has 1 N–H and O–H groups in total. The maximum Gasteiger partial charge on any atom is 0.270 e. The van der Waals surface area contributed by atoms with E-state index in [1.165, 1.54) is 4.68 Å². The minimum absolute atomic E-state index is 0.0410. The van der Waals surface area contributed by atoms with Crippen LogP contribution in [0, 0.1) is 0 Å². The summed E-state index contributed by atoms with van der Waals surface area (Å²) in [5.74, 6) is 0.0396. The zero-order valence-corrected chi connectivity index (χ0v) is 10.5. The molecule has 0 saturated carbocycles. The van der Waals surface area contributed by atoms with E-state index in [-0.39, 0.29) is 22.6 Å². The van der Waals surface area contributed by atoms with Crippen molar-refractivity contribution in [3.8, 4) is 0 Å². The van der Waals surface area contributed by atoms with Crippen molar-refractivity contribution in [2.24, 2.45) is 0 Å². The van der Waals surface area contributed by atoms with Crippen molar-refractivity contribution in [2.75, 3.05) is 5.75 Å². The highest BCUT2D eigenvalue weighted by atomic mass is 32.2. The molecule has 1 aliphatic heterocycles. The maximum absolute atomic E-state index is 12.0. The fourth-order valence-corrected chi connectivity index (χ4v) is 3.25. The van der Waals surface area contributed by atoms with Gasteiger partial charge < -0.3 is 0 Å². The number of hydrogen-bond donors (Lipinski definition) is 1. The molecule has 1 aromatic heterocycles. The Kier molecular flexibility index (Phi) is 2.31. The average Bonchev–Trinajstić information content (AvgIpc) is 2.40. The maximum atomic E-state index is 12.0. The highest BCUT2D eigenvalue weighted by molar-refractivity contribution is 7.90. The number of nitrogens with one attached hydrogen (secondary N) is 1. The van der Waals surface area contributed by atoms with Gasteiger partial charge in [-0.25, -0.2) is 13.1 Å². The van der Waals surface area contributed by atoms with Crippen LogP contribution in [0.4, 0.5) is 0 Å². The molecule has 90 valence electrons. The lowest BCUT2D eigenvalue weighted by Crippen LogP contribution is -2.33. The number of sulfone groups is 1. The molecule has 0 aromatic carbocycles. The lowest BCUT2D eigenvalue weighted by Gasteiger charge is -2.19. The number of rotatable bonds is 0. The molecule has 1 aromatic rings. The van der Waals surface area contributed by atoms with Gasteiger partial charge in [0.2, 0.25) is 0 Å². The minimum atomic E-state index is -3.03. The molecule has 0 aliphatic carbocycles. The normalized spacial score (nSPS) is 19.4. The number of H-pyrrole nitrogens is 1. The Hall–Kier alpha value is -1.04. The topological polar surface area (TPSA) is 71.9 Å². The van der Waals surface area contributed by atoms with Crippen LogP contribution < -0.4 is 5.56 Å². The lowest BCUT2D eigenvalue weighted by atomic mass is 10.1. The third-order valence-corrected chi connectivity index (χ3v) is 4.33. The summed E-state index contributed by atoms with van der Waals surface area (Å²) in [7, 11) is -3.03. The first kappa shape index (κ1) is 11.4. The molecule has 2 rings (SSSR count). The predicted molar refractivity (Wildman–Crippen MR) is 61.2 cm³/mol. The van der Waals surface area contributed by atoms with Crippen LogP contribution in [-0.2, 0) is 27.5 Å². The van der Waals surface area contributed by atoms with E-state index >= 15 is 0 Å². The standard InChI is InChI=1S/C10H16N2O3S/c1-10(2,3)12-9(13)7-4-5-16(14,15)6-8(7)11-12/h11H,4-6H2,1-3H3. The quantitative estimate of drug-likeness (QED) is 0.718. The monoisotopic (exact) mass is 244 g/mol. The van der Waals surface area contributed by atoms with E-state index in [0.717, 1.165) is 0 Å². The Labute approximate surface area is 94.4 Å². The van der Waals surface area contributed by atoms with E-state index in [1.54, 1.807) is 0 Å². The van der Waals surface area contributed by atoms with Crippen LogP contribution in [-0.4, -0.2) is 24.0 Å². The zero-order chi connectivity index (χ0) is 12.1. The van der Waals surface area contributed by atoms with Crippen LogP contribution in [0.1, 0.15) is 32.0 Å². The van der Waals surface area contributed by atoms with Gasteiger partial charge >= 0.3 is 0 Å². The molecular weight excluding hydrogens is 228 g/mol. The summed E-state index contributed by atoms with van der Waals surface area (Å²) < 4.78 is 24.4. The molecule has 0 spiro atoms. The second-order valence-electron chi connectivity index (χ2n) is 5.22. The number of aromatic amines is 1. The van der Waals surface area contributed by atoms with Gasteiger partial charge in [0, 0.05) is 5.56 Å². The second kappa shape index (κ2) is 3.23. The fourth-order valence-electron chi connectivity index (χ4n) is 1.92. The van der Waals surface area contributed by atoms with E-state index in [0.29, 0.717) is 17.7 Å². The summed E-state index contributed by atoms with van der Waals surface area (Å²) in [6, 6.07) is 0. The van der Waals surface area contributed by atoms with E-state index < -0.39 is 9.84 Å². The zero-order valence-electron chi connectivity index (χ0n) is 9.70. The summed E-state index contributed by atoms with van der Waals surface area (Å²) in [6.07, 6.45) is 0.329. The van der Waals surface area contributed by atoms with Crippen molar-refractivity contribution >= 4 is 9.84 Å². The first-order chi connectivity index (χ1) is 7.21. The van der Waals surface area contributed by atoms with Crippen molar-refractivity contribution in [3.05, 3.63) is 21.6 Å². The Morgan fingerprint density at radius 3 is 2.50 bits per heavy atom.